The van der Waals surface area contributed by atoms with Crippen LogP contribution in [0.4, 0.5) is 5.69 Å². The summed E-state index contributed by atoms with van der Waals surface area (Å²) >= 11 is 5.99. The number of nitrogens with one attached hydrogen (secondary N) is 1. The molecule has 84 valence electrons. The van der Waals surface area contributed by atoms with Crippen molar-refractivity contribution in [3.05, 3.63) is 47.1 Å². The van der Waals surface area contributed by atoms with E-state index in [1.165, 1.54) is 0 Å². The minimum Gasteiger partial charge on any atom is -0.464 e. The van der Waals surface area contributed by atoms with Gasteiger partial charge in [0, 0.05) is 12.6 Å². The van der Waals surface area contributed by atoms with Crippen molar-refractivity contribution in [1.82, 2.24) is 4.98 Å². The average Bonchev–Trinajstić information content (AvgIpc) is 2.76. The van der Waals surface area contributed by atoms with Crippen LogP contribution in [0, 0.1) is 0 Å². The summed E-state index contributed by atoms with van der Waals surface area (Å²) in [6.07, 6.45) is 4.27. The van der Waals surface area contributed by atoms with Gasteiger partial charge >= 0.3 is 0 Å². The normalized spacial score (nSPS) is 10.4. The second-order valence-electron chi connectivity index (χ2n) is 3.43. The van der Waals surface area contributed by atoms with Gasteiger partial charge in [-0.2, -0.15) is 0 Å². The van der Waals surface area contributed by atoms with E-state index in [-0.39, 0.29) is 0 Å². The molecule has 0 aliphatic carbocycles. The van der Waals surface area contributed by atoms with Gasteiger partial charge in [-0.05, 0) is 18.2 Å². The molecule has 0 unspecified atom stereocenters. The number of aryl methyl sites for hydroxylation is 1. The first-order valence-corrected chi connectivity index (χ1v) is 5.58. The molecule has 0 radical (unpaired) electrons. The highest BCUT2D eigenvalue weighted by Crippen LogP contribution is 2.20. The Bertz CT molecular complexity index is 468. The molecule has 0 spiro atoms. The van der Waals surface area contributed by atoms with Gasteiger partial charge in [0.2, 0.25) is 0 Å². The summed E-state index contributed by atoms with van der Waals surface area (Å²) in [4.78, 5) is 4.00. The number of aromatic nitrogens is 1. The SMILES string of the molecule is CCc1ccc(CNc2cnccc2Cl)o1. The zero-order valence-corrected chi connectivity index (χ0v) is 9.79. The molecule has 0 fully saturated rings. The number of furan rings is 1. The molecule has 2 heterocycles. The van der Waals surface area contributed by atoms with Crippen LogP contribution >= 0.6 is 11.6 Å². The molecule has 2 aromatic heterocycles. The van der Waals surface area contributed by atoms with Gasteiger partial charge in [-0.25, -0.2) is 0 Å². The van der Waals surface area contributed by atoms with Crippen molar-refractivity contribution in [2.45, 2.75) is 19.9 Å². The van der Waals surface area contributed by atoms with Crippen LogP contribution < -0.4 is 5.32 Å². The van der Waals surface area contributed by atoms with E-state index < -0.39 is 0 Å². The molecule has 2 aromatic rings. The Morgan fingerprint density at radius 1 is 1.31 bits per heavy atom. The first kappa shape index (κ1) is 11.0. The summed E-state index contributed by atoms with van der Waals surface area (Å²) in [6.45, 7) is 2.68. The van der Waals surface area contributed by atoms with Gasteiger partial charge in [-0.1, -0.05) is 18.5 Å². The maximum absolute atomic E-state index is 5.99. The lowest BCUT2D eigenvalue weighted by Gasteiger charge is -2.05. The third kappa shape index (κ3) is 2.55. The fourth-order valence-electron chi connectivity index (χ4n) is 1.40. The molecule has 0 aliphatic heterocycles. The van der Waals surface area contributed by atoms with E-state index in [0.717, 1.165) is 23.6 Å². The maximum atomic E-state index is 5.99. The third-order valence-corrected chi connectivity index (χ3v) is 2.62. The fraction of sp³-hybridized carbons (Fsp3) is 0.250. The summed E-state index contributed by atoms with van der Waals surface area (Å²) in [5.74, 6) is 1.89. The number of halogens is 1. The van der Waals surface area contributed by atoms with E-state index in [1.807, 2.05) is 12.1 Å². The molecule has 0 aliphatic rings. The van der Waals surface area contributed by atoms with E-state index in [9.17, 15) is 0 Å². The lowest BCUT2D eigenvalue weighted by atomic mass is 10.3. The molecule has 16 heavy (non-hydrogen) atoms. The van der Waals surface area contributed by atoms with Crippen LogP contribution in [-0.4, -0.2) is 4.98 Å². The van der Waals surface area contributed by atoms with Crippen molar-refractivity contribution in [3.63, 3.8) is 0 Å². The van der Waals surface area contributed by atoms with E-state index in [1.54, 1.807) is 18.5 Å². The Labute approximate surface area is 99.5 Å². The highest BCUT2D eigenvalue weighted by atomic mass is 35.5. The lowest BCUT2D eigenvalue weighted by Crippen LogP contribution is -1.99. The van der Waals surface area contributed by atoms with E-state index in [2.05, 4.69) is 17.2 Å². The molecule has 0 bridgehead atoms. The van der Waals surface area contributed by atoms with Crippen molar-refractivity contribution in [1.29, 1.82) is 0 Å². The molecular weight excluding hydrogens is 224 g/mol. The van der Waals surface area contributed by atoms with Crippen molar-refractivity contribution in [2.24, 2.45) is 0 Å². The molecule has 0 atom stereocenters. The van der Waals surface area contributed by atoms with Crippen LogP contribution in [0.3, 0.4) is 0 Å². The van der Waals surface area contributed by atoms with Crippen LogP contribution in [0.1, 0.15) is 18.4 Å². The third-order valence-electron chi connectivity index (χ3n) is 2.29. The lowest BCUT2D eigenvalue weighted by molar-refractivity contribution is 0.476. The van der Waals surface area contributed by atoms with Gasteiger partial charge in [0.1, 0.15) is 11.5 Å². The van der Waals surface area contributed by atoms with Crippen LogP contribution in [0.5, 0.6) is 0 Å². The molecule has 2 rings (SSSR count). The van der Waals surface area contributed by atoms with Crippen molar-refractivity contribution in [2.75, 3.05) is 5.32 Å². The number of hydrogen-bond acceptors (Lipinski definition) is 3. The predicted molar refractivity (Wildman–Crippen MR) is 64.7 cm³/mol. The highest BCUT2D eigenvalue weighted by molar-refractivity contribution is 6.33. The monoisotopic (exact) mass is 236 g/mol. The van der Waals surface area contributed by atoms with Gasteiger partial charge in [-0.3, -0.25) is 4.98 Å². The average molecular weight is 237 g/mol. The maximum Gasteiger partial charge on any atom is 0.123 e. The van der Waals surface area contributed by atoms with Crippen molar-refractivity contribution in [3.8, 4) is 0 Å². The summed E-state index contributed by atoms with van der Waals surface area (Å²) in [7, 11) is 0. The highest BCUT2D eigenvalue weighted by Gasteiger charge is 2.02. The molecule has 0 amide bonds. The van der Waals surface area contributed by atoms with E-state index in [0.29, 0.717) is 11.6 Å². The van der Waals surface area contributed by atoms with E-state index in [4.69, 9.17) is 16.0 Å². The topological polar surface area (TPSA) is 38.1 Å². The summed E-state index contributed by atoms with van der Waals surface area (Å²) in [6, 6.07) is 5.71. The Morgan fingerprint density at radius 2 is 2.12 bits per heavy atom. The largest absolute Gasteiger partial charge is 0.464 e. The summed E-state index contributed by atoms with van der Waals surface area (Å²) in [5, 5.41) is 3.84. The smallest absolute Gasteiger partial charge is 0.123 e. The number of hydrogen-bond donors (Lipinski definition) is 1. The molecular formula is C12H13ClN2O. The first-order valence-electron chi connectivity index (χ1n) is 5.20. The van der Waals surface area contributed by atoms with Gasteiger partial charge in [-0.15, -0.1) is 0 Å². The molecule has 4 heteroatoms. The zero-order chi connectivity index (χ0) is 11.4. The number of nitrogens with zero attached hydrogens (tertiary/aromatic N) is 1. The Morgan fingerprint density at radius 3 is 2.81 bits per heavy atom. The molecule has 0 aromatic carbocycles. The van der Waals surface area contributed by atoms with Gasteiger partial charge in [0.05, 0.1) is 23.5 Å². The van der Waals surface area contributed by atoms with Crippen LogP contribution in [0.25, 0.3) is 0 Å². The Balaban J connectivity index is 1.99. The number of pyridine rings is 1. The molecule has 0 saturated carbocycles. The van der Waals surface area contributed by atoms with Gasteiger partial charge in [0.25, 0.3) is 0 Å². The Kier molecular flexibility index (Phi) is 3.47. The van der Waals surface area contributed by atoms with Crippen LogP contribution in [0.2, 0.25) is 5.02 Å². The second kappa shape index (κ2) is 5.03. The summed E-state index contributed by atoms with van der Waals surface area (Å²) < 4.78 is 5.57. The predicted octanol–water partition coefficient (Wildman–Crippen LogP) is 3.50. The van der Waals surface area contributed by atoms with Gasteiger partial charge in [0.15, 0.2) is 0 Å². The second-order valence-corrected chi connectivity index (χ2v) is 3.84. The van der Waals surface area contributed by atoms with Crippen molar-refractivity contribution < 1.29 is 4.42 Å². The molecule has 3 nitrogen and oxygen atoms in total. The standard InChI is InChI=1S/C12H13ClN2O/c1-2-9-3-4-10(16-9)7-15-12-8-14-6-5-11(12)13/h3-6,8,15H,2,7H2,1H3. The molecule has 1 N–H and O–H groups in total. The minimum atomic E-state index is 0.616. The quantitative estimate of drug-likeness (QED) is 0.883. The number of rotatable bonds is 4. The number of anilines is 1. The van der Waals surface area contributed by atoms with Crippen LogP contribution in [0.15, 0.2) is 35.0 Å². The first-order chi connectivity index (χ1) is 7.79. The zero-order valence-electron chi connectivity index (χ0n) is 9.03. The van der Waals surface area contributed by atoms with Crippen LogP contribution in [-0.2, 0) is 13.0 Å². The Hall–Kier alpha value is -1.48. The molecule has 0 saturated heterocycles. The van der Waals surface area contributed by atoms with Crippen molar-refractivity contribution >= 4 is 17.3 Å². The minimum absolute atomic E-state index is 0.616. The van der Waals surface area contributed by atoms with Gasteiger partial charge < -0.3 is 9.73 Å². The summed E-state index contributed by atoms with van der Waals surface area (Å²) in [5.41, 5.74) is 0.818. The van der Waals surface area contributed by atoms with E-state index >= 15 is 0 Å². The fourth-order valence-corrected chi connectivity index (χ4v) is 1.57.